The van der Waals surface area contributed by atoms with Gasteiger partial charge in [0.2, 0.25) is 5.16 Å². The lowest BCUT2D eigenvalue weighted by molar-refractivity contribution is 0.448. The SMILES string of the molecule is Oc1cc(O)c(/C=N/n2cnnc2SCc2ccc(Cl)cc2)cc1Br. The van der Waals surface area contributed by atoms with Crippen molar-refractivity contribution in [3.05, 3.63) is 63.3 Å². The number of halogens is 2. The van der Waals surface area contributed by atoms with Gasteiger partial charge in [-0.3, -0.25) is 0 Å². The third-order valence-electron chi connectivity index (χ3n) is 3.20. The smallest absolute Gasteiger partial charge is 0.212 e. The number of phenolic OH excluding ortho intramolecular Hbond substituents is 2. The van der Waals surface area contributed by atoms with Gasteiger partial charge in [0.25, 0.3) is 0 Å². The van der Waals surface area contributed by atoms with Gasteiger partial charge in [-0.15, -0.1) is 10.2 Å². The lowest BCUT2D eigenvalue weighted by atomic mass is 10.2. The molecular weight excluding hydrogens is 428 g/mol. The van der Waals surface area contributed by atoms with Gasteiger partial charge in [0, 0.05) is 22.4 Å². The van der Waals surface area contributed by atoms with Crippen molar-refractivity contribution in [2.75, 3.05) is 0 Å². The number of aromatic nitrogens is 3. The lowest BCUT2D eigenvalue weighted by Crippen LogP contribution is -1.93. The maximum atomic E-state index is 9.86. The summed E-state index contributed by atoms with van der Waals surface area (Å²) in [5, 5.41) is 32.9. The Bertz CT molecular complexity index is 915. The zero-order chi connectivity index (χ0) is 17.8. The standard InChI is InChI=1S/C16H12BrClN4O2S/c17-13-5-11(14(23)6-15(13)24)7-20-22-9-19-21-16(22)25-8-10-1-3-12(18)4-2-10/h1-7,9,23-24H,8H2/b20-7+. The van der Waals surface area contributed by atoms with E-state index in [2.05, 4.69) is 31.2 Å². The second-order valence-electron chi connectivity index (χ2n) is 4.98. The molecule has 0 spiro atoms. The molecule has 0 unspecified atom stereocenters. The summed E-state index contributed by atoms with van der Waals surface area (Å²) in [5.74, 6) is 0.576. The number of hydrogen-bond acceptors (Lipinski definition) is 6. The van der Waals surface area contributed by atoms with E-state index < -0.39 is 0 Å². The predicted octanol–water partition coefficient (Wildman–Crippen LogP) is 4.28. The Morgan fingerprint density at radius 1 is 1.20 bits per heavy atom. The van der Waals surface area contributed by atoms with E-state index in [1.54, 1.807) is 6.07 Å². The van der Waals surface area contributed by atoms with Crippen molar-refractivity contribution in [1.82, 2.24) is 14.9 Å². The summed E-state index contributed by atoms with van der Waals surface area (Å²) < 4.78 is 1.98. The molecule has 9 heteroatoms. The number of rotatable bonds is 5. The topological polar surface area (TPSA) is 83.5 Å². The fourth-order valence-corrected chi connectivity index (χ4v) is 3.22. The lowest BCUT2D eigenvalue weighted by Gasteiger charge is -2.03. The largest absolute Gasteiger partial charge is 0.507 e. The van der Waals surface area contributed by atoms with Crippen LogP contribution in [0.25, 0.3) is 0 Å². The molecule has 0 bridgehead atoms. The van der Waals surface area contributed by atoms with E-state index in [0.29, 0.717) is 26.0 Å². The normalized spacial score (nSPS) is 11.3. The number of aromatic hydroxyl groups is 2. The Labute approximate surface area is 161 Å². The van der Waals surface area contributed by atoms with Gasteiger partial charge in [0.15, 0.2) is 0 Å². The molecule has 0 aliphatic heterocycles. The molecule has 6 nitrogen and oxygen atoms in total. The second-order valence-corrected chi connectivity index (χ2v) is 7.21. The number of hydrogen-bond donors (Lipinski definition) is 2. The van der Waals surface area contributed by atoms with Crippen LogP contribution in [0.5, 0.6) is 11.5 Å². The summed E-state index contributed by atoms with van der Waals surface area (Å²) in [6, 6.07) is 10.4. The third-order valence-corrected chi connectivity index (χ3v) is 5.09. The average molecular weight is 440 g/mol. The molecule has 128 valence electrons. The van der Waals surface area contributed by atoms with Crippen molar-refractivity contribution >= 4 is 45.5 Å². The predicted molar refractivity (Wildman–Crippen MR) is 101 cm³/mol. The molecular formula is C16H12BrClN4O2S. The van der Waals surface area contributed by atoms with Crippen LogP contribution >= 0.6 is 39.3 Å². The maximum absolute atomic E-state index is 9.86. The first-order valence-corrected chi connectivity index (χ1v) is 9.21. The van der Waals surface area contributed by atoms with Crippen molar-refractivity contribution < 1.29 is 10.2 Å². The first-order valence-electron chi connectivity index (χ1n) is 7.06. The van der Waals surface area contributed by atoms with Crippen molar-refractivity contribution in [3.63, 3.8) is 0 Å². The number of benzene rings is 2. The number of nitrogens with zero attached hydrogens (tertiary/aromatic N) is 4. The van der Waals surface area contributed by atoms with E-state index in [-0.39, 0.29) is 11.5 Å². The van der Waals surface area contributed by atoms with Crippen molar-refractivity contribution in [1.29, 1.82) is 0 Å². The zero-order valence-electron chi connectivity index (χ0n) is 12.7. The van der Waals surface area contributed by atoms with Crippen LogP contribution in [0.3, 0.4) is 0 Å². The molecule has 0 saturated heterocycles. The Kier molecular flexibility index (Phi) is 5.62. The van der Waals surface area contributed by atoms with Crippen molar-refractivity contribution in [2.24, 2.45) is 5.10 Å². The monoisotopic (exact) mass is 438 g/mol. The highest BCUT2D eigenvalue weighted by Gasteiger charge is 2.07. The van der Waals surface area contributed by atoms with E-state index in [4.69, 9.17) is 11.6 Å². The van der Waals surface area contributed by atoms with Crippen molar-refractivity contribution in [3.8, 4) is 11.5 Å². The van der Waals surface area contributed by atoms with Gasteiger partial charge >= 0.3 is 0 Å². The van der Waals surface area contributed by atoms with Crippen LogP contribution in [-0.2, 0) is 5.75 Å². The summed E-state index contributed by atoms with van der Waals surface area (Å²) in [7, 11) is 0. The number of phenols is 2. The van der Waals surface area contributed by atoms with Crippen LogP contribution in [0.15, 0.2) is 57.5 Å². The first kappa shape index (κ1) is 17.8. The Morgan fingerprint density at radius 2 is 1.96 bits per heavy atom. The minimum atomic E-state index is -0.0760. The molecule has 0 fully saturated rings. The molecule has 0 saturated carbocycles. The van der Waals surface area contributed by atoms with Gasteiger partial charge < -0.3 is 10.2 Å². The second kappa shape index (κ2) is 7.90. The van der Waals surface area contributed by atoms with E-state index >= 15 is 0 Å². The molecule has 2 N–H and O–H groups in total. The minimum absolute atomic E-state index is 0.0434. The van der Waals surface area contributed by atoms with Gasteiger partial charge in [-0.05, 0) is 39.7 Å². The van der Waals surface area contributed by atoms with Gasteiger partial charge in [0.05, 0.1) is 10.7 Å². The van der Waals surface area contributed by atoms with Gasteiger partial charge in [0.1, 0.15) is 17.8 Å². The van der Waals surface area contributed by atoms with Crippen LogP contribution in [0.1, 0.15) is 11.1 Å². The fraction of sp³-hybridized carbons (Fsp3) is 0.0625. The van der Waals surface area contributed by atoms with E-state index in [9.17, 15) is 10.2 Å². The van der Waals surface area contributed by atoms with Crippen LogP contribution in [0.2, 0.25) is 5.02 Å². The highest BCUT2D eigenvalue weighted by Crippen LogP contribution is 2.30. The number of thioether (sulfide) groups is 1. The maximum Gasteiger partial charge on any atom is 0.212 e. The van der Waals surface area contributed by atoms with Gasteiger partial charge in [-0.25, -0.2) is 0 Å². The van der Waals surface area contributed by atoms with Crippen LogP contribution < -0.4 is 0 Å². The average Bonchev–Trinajstić information content (AvgIpc) is 3.04. The minimum Gasteiger partial charge on any atom is -0.507 e. The highest BCUT2D eigenvalue weighted by atomic mass is 79.9. The highest BCUT2D eigenvalue weighted by molar-refractivity contribution is 9.10. The molecule has 0 amide bonds. The van der Waals surface area contributed by atoms with E-state index in [0.717, 1.165) is 5.56 Å². The zero-order valence-corrected chi connectivity index (χ0v) is 15.8. The summed E-state index contributed by atoms with van der Waals surface area (Å²) in [5.41, 5.74) is 1.56. The summed E-state index contributed by atoms with van der Waals surface area (Å²) in [4.78, 5) is 0. The first-order chi connectivity index (χ1) is 12.0. The van der Waals surface area contributed by atoms with Crippen LogP contribution in [0, 0.1) is 0 Å². The molecule has 0 atom stereocenters. The molecule has 3 aromatic rings. The molecule has 0 aliphatic carbocycles. The van der Waals surface area contributed by atoms with Crippen LogP contribution in [0.4, 0.5) is 0 Å². The summed E-state index contributed by atoms with van der Waals surface area (Å²) in [6.07, 6.45) is 2.95. The van der Waals surface area contributed by atoms with Gasteiger partial charge in [-0.1, -0.05) is 35.5 Å². The third kappa shape index (κ3) is 4.53. The van der Waals surface area contributed by atoms with Crippen molar-refractivity contribution in [2.45, 2.75) is 10.9 Å². The molecule has 0 aliphatic rings. The van der Waals surface area contributed by atoms with Crippen LogP contribution in [-0.4, -0.2) is 31.3 Å². The molecule has 2 aromatic carbocycles. The Morgan fingerprint density at radius 3 is 2.72 bits per heavy atom. The molecule has 3 rings (SSSR count). The van der Waals surface area contributed by atoms with E-state index in [1.165, 1.54) is 35.0 Å². The Balaban J connectivity index is 1.73. The molecule has 25 heavy (non-hydrogen) atoms. The molecule has 1 heterocycles. The molecule has 1 aromatic heterocycles. The fourth-order valence-electron chi connectivity index (χ4n) is 1.92. The van der Waals surface area contributed by atoms with Gasteiger partial charge in [-0.2, -0.15) is 9.78 Å². The summed E-state index contributed by atoms with van der Waals surface area (Å²) >= 11 is 10.6. The molecule has 0 radical (unpaired) electrons. The van der Waals surface area contributed by atoms with E-state index in [1.807, 2.05) is 24.3 Å². The quantitative estimate of drug-likeness (QED) is 0.458. The summed E-state index contributed by atoms with van der Waals surface area (Å²) in [6.45, 7) is 0. The Hall–Kier alpha value is -2.03.